The molecule has 1 aliphatic rings. The molecule has 1 aliphatic carbocycles. The maximum absolute atomic E-state index is 4.22. The van der Waals surface area contributed by atoms with Crippen molar-refractivity contribution in [1.29, 1.82) is 0 Å². The summed E-state index contributed by atoms with van der Waals surface area (Å²) in [5, 5.41) is 3.55. The third-order valence-corrected chi connectivity index (χ3v) is 4.04. The van der Waals surface area contributed by atoms with E-state index in [1.54, 1.807) is 0 Å². The maximum atomic E-state index is 4.22. The van der Waals surface area contributed by atoms with Crippen LogP contribution in [-0.4, -0.2) is 11.5 Å². The molecule has 0 atom stereocenters. The van der Waals surface area contributed by atoms with Gasteiger partial charge in [-0.15, -0.1) is 0 Å². The molecular weight excluding hydrogens is 208 g/mol. The first-order valence-corrected chi connectivity index (χ1v) is 6.94. The van der Waals surface area contributed by atoms with Crippen molar-refractivity contribution in [3.8, 4) is 0 Å². The van der Waals surface area contributed by atoms with Gasteiger partial charge in [-0.1, -0.05) is 26.2 Å². The lowest BCUT2D eigenvalue weighted by Gasteiger charge is -2.28. The van der Waals surface area contributed by atoms with Crippen molar-refractivity contribution in [3.63, 3.8) is 0 Å². The van der Waals surface area contributed by atoms with E-state index in [2.05, 4.69) is 29.4 Å². The number of nitrogens with one attached hydrogen (secondary N) is 1. The Balaban J connectivity index is 1.76. The zero-order chi connectivity index (χ0) is 12.1. The van der Waals surface area contributed by atoms with Crippen LogP contribution in [-0.2, 0) is 0 Å². The molecule has 2 rings (SSSR count). The van der Waals surface area contributed by atoms with E-state index in [9.17, 15) is 0 Å². The minimum absolute atomic E-state index is 0.867. The van der Waals surface area contributed by atoms with E-state index in [1.807, 2.05) is 13.1 Å². The third-order valence-electron chi connectivity index (χ3n) is 4.04. The summed E-state index contributed by atoms with van der Waals surface area (Å²) in [5.41, 5.74) is 2.31. The highest BCUT2D eigenvalue weighted by molar-refractivity contribution is 5.42. The molecule has 0 aliphatic heterocycles. The number of aryl methyl sites for hydroxylation is 1. The minimum Gasteiger partial charge on any atom is -0.385 e. The molecule has 2 nitrogen and oxygen atoms in total. The van der Waals surface area contributed by atoms with Crippen molar-refractivity contribution in [2.75, 3.05) is 11.9 Å². The summed E-state index contributed by atoms with van der Waals surface area (Å²) in [4.78, 5) is 4.22. The fraction of sp³-hybridized carbons (Fsp3) is 0.667. The summed E-state index contributed by atoms with van der Waals surface area (Å²) in [6, 6.07) is 4.18. The van der Waals surface area contributed by atoms with Crippen LogP contribution in [0, 0.1) is 18.8 Å². The first-order chi connectivity index (χ1) is 8.28. The third kappa shape index (κ3) is 3.72. The second-order valence-electron chi connectivity index (χ2n) is 5.36. The molecule has 1 saturated carbocycles. The Hall–Kier alpha value is -1.05. The SMILES string of the molecule is CCC1CCC(CNc2ccnc(C)c2)CC1. The highest BCUT2D eigenvalue weighted by atomic mass is 14.9. The van der Waals surface area contributed by atoms with Crippen molar-refractivity contribution >= 4 is 5.69 Å². The lowest BCUT2D eigenvalue weighted by atomic mass is 9.81. The number of hydrogen-bond donors (Lipinski definition) is 1. The molecule has 94 valence electrons. The number of aromatic nitrogens is 1. The van der Waals surface area contributed by atoms with E-state index in [4.69, 9.17) is 0 Å². The van der Waals surface area contributed by atoms with Crippen molar-refractivity contribution in [1.82, 2.24) is 4.98 Å². The molecule has 0 saturated heterocycles. The quantitative estimate of drug-likeness (QED) is 0.848. The van der Waals surface area contributed by atoms with E-state index in [-0.39, 0.29) is 0 Å². The largest absolute Gasteiger partial charge is 0.385 e. The average Bonchev–Trinajstić information content (AvgIpc) is 2.37. The molecule has 1 heterocycles. The van der Waals surface area contributed by atoms with Crippen LogP contribution in [0.4, 0.5) is 5.69 Å². The summed E-state index contributed by atoms with van der Waals surface area (Å²) >= 11 is 0. The number of anilines is 1. The molecule has 1 fully saturated rings. The first-order valence-electron chi connectivity index (χ1n) is 6.94. The van der Waals surface area contributed by atoms with Crippen molar-refractivity contribution < 1.29 is 0 Å². The average molecular weight is 232 g/mol. The fourth-order valence-corrected chi connectivity index (χ4v) is 2.76. The van der Waals surface area contributed by atoms with Crippen molar-refractivity contribution in [2.24, 2.45) is 11.8 Å². The molecule has 1 aromatic rings. The molecule has 2 heteroatoms. The normalized spacial score (nSPS) is 24.6. The van der Waals surface area contributed by atoms with Crippen molar-refractivity contribution in [2.45, 2.75) is 46.0 Å². The molecular formula is C15H24N2. The van der Waals surface area contributed by atoms with E-state index in [1.165, 1.54) is 37.8 Å². The van der Waals surface area contributed by atoms with Gasteiger partial charge in [0.2, 0.25) is 0 Å². The van der Waals surface area contributed by atoms with Crippen LogP contribution >= 0.6 is 0 Å². The predicted octanol–water partition coefficient (Wildman–Crippen LogP) is 4.02. The van der Waals surface area contributed by atoms with Gasteiger partial charge in [0, 0.05) is 24.1 Å². The van der Waals surface area contributed by atoms with Crippen LogP contribution in [0.2, 0.25) is 0 Å². The molecule has 17 heavy (non-hydrogen) atoms. The Kier molecular flexibility index (Phi) is 4.41. The van der Waals surface area contributed by atoms with Crippen LogP contribution < -0.4 is 5.32 Å². The van der Waals surface area contributed by atoms with E-state index in [0.29, 0.717) is 0 Å². The van der Waals surface area contributed by atoms with Crippen LogP contribution in [0.3, 0.4) is 0 Å². The molecule has 0 aromatic carbocycles. The summed E-state index contributed by atoms with van der Waals surface area (Å²) in [6.07, 6.45) is 8.90. The Morgan fingerprint density at radius 3 is 2.59 bits per heavy atom. The molecule has 0 radical (unpaired) electrons. The molecule has 0 unspecified atom stereocenters. The van der Waals surface area contributed by atoms with Crippen LogP contribution in [0.1, 0.15) is 44.7 Å². The number of hydrogen-bond acceptors (Lipinski definition) is 2. The van der Waals surface area contributed by atoms with Crippen LogP contribution in [0.15, 0.2) is 18.3 Å². The molecule has 0 amide bonds. The first kappa shape index (κ1) is 12.4. The van der Waals surface area contributed by atoms with Gasteiger partial charge in [0.25, 0.3) is 0 Å². The number of rotatable bonds is 4. The molecule has 1 N–H and O–H groups in total. The highest BCUT2D eigenvalue weighted by Gasteiger charge is 2.19. The predicted molar refractivity (Wildman–Crippen MR) is 73.2 cm³/mol. The monoisotopic (exact) mass is 232 g/mol. The maximum Gasteiger partial charge on any atom is 0.0393 e. The van der Waals surface area contributed by atoms with Crippen LogP contribution in [0.25, 0.3) is 0 Å². The van der Waals surface area contributed by atoms with E-state index >= 15 is 0 Å². The van der Waals surface area contributed by atoms with Gasteiger partial charge in [-0.05, 0) is 43.7 Å². The van der Waals surface area contributed by atoms with Gasteiger partial charge in [0.15, 0.2) is 0 Å². The Morgan fingerprint density at radius 2 is 1.94 bits per heavy atom. The summed E-state index contributed by atoms with van der Waals surface area (Å²) in [7, 11) is 0. The van der Waals surface area contributed by atoms with Crippen molar-refractivity contribution in [3.05, 3.63) is 24.0 Å². The fourth-order valence-electron chi connectivity index (χ4n) is 2.76. The van der Waals surface area contributed by atoms with Gasteiger partial charge in [-0.25, -0.2) is 0 Å². The standard InChI is InChI=1S/C15H24N2/c1-3-13-4-6-14(7-5-13)11-17-15-8-9-16-12(2)10-15/h8-10,13-14H,3-7,11H2,1-2H3,(H,16,17). The summed E-state index contributed by atoms with van der Waals surface area (Å²) < 4.78 is 0. The van der Waals surface area contributed by atoms with Gasteiger partial charge >= 0.3 is 0 Å². The Bertz CT molecular complexity index is 341. The Morgan fingerprint density at radius 1 is 1.24 bits per heavy atom. The van der Waals surface area contributed by atoms with Gasteiger partial charge in [0.05, 0.1) is 0 Å². The molecule has 0 bridgehead atoms. The molecule has 0 spiro atoms. The smallest absolute Gasteiger partial charge is 0.0393 e. The zero-order valence-corrected chi connectivity index (χ0v) is 11.1. The highest BCUT2D eigenvalue weighted by Crippen LogP contribution is 2.30. The van der Waals surface area contributed by atoms with Gasteiger partial charge < -0.3 is 5.32 Å². The van der Waals surface area contributed by atoms with Gasteiger partial charge in [-0.2, -0.15) is 0 Å². The second kappa shape index (κ2) is 6.04. The molecule has 1 aromatic heterocycles. The zero-order valence-electron chi connectivity index (χ0n) is 11.1. The van der Waals surface area contributed by atoms with E-state index in [0.717, 1.165) is 24.1 Å². The second-order valence-corrected chi connectivity index (χ2v) is 5.36. The topological polar surface area (TPSA) is 24.9 Å². The number of nitrogens with zero attached hydrogens (tertiary/aromatic N) is 1. The number of pyridine rings is 1. The van der Waals surface area contributed by atoms with E-state index < -0.39 is 0 Å². The van der Waals surface area contributed by atoms with Gasteiger partial charge in [-0.3, -0.25) is 4.98 Å². The Labute approximate surface area is 105 Å². The minimum atomic E-state index is 0.867. The lowest BCUT2D eigenvalue weighted by Crippen LogP contribution is -2.21. The lowest BCUT2D eigenvalue weighted by molar-refractivity contribution is 0.278. The van der Waals surface area contributed by atoms with Crippen LogP contribution in [0.5, 0.6) is 0 Å². The summed E-state index contributed by atoms with van der Waals surface area (Å²) in [5.74, 6) is 1.86. The van der Waals surface area contributed by atoms with Gasteiger partial charge in [0.1, 0.15) is 0 Å². The summed E-state index contributed by atoms with van der Waals surface area (Å²) in [6.45, 7) is 5.49.